The molecule has 4 aliphatic rings. The van der Waals surface area contributed by atoms with Gasteiger partial charge in [0.1, 0.15) is 6.04 Å². The number of nitrogens with one attached hydrogen (secondary N) is 2. The van der Waals surface area contributed by atoms with Crippen molar-refractivity contribution in [3.8, 4) is 0 Å². The summed E-state index contributed by atoms with van der Waals surface area (Å²) >= 11 is 0. The average Bonchev–Trinajstić information content (AvgIpc) is 3.45. The molecule has 0 bridgehead atoms. The highest BCUT2D eigenvalue weighted by molar-refractivity contribution is 5.96. The van der Waals surface area contributed by atoms with Crippen LogP contribution in [0.4, 0.5) is 0 Å². The Morgan fingerprint density at radius 1 is 1.17 bits per heavy atom. The van der Waals surface area contributed by atoms with E-state index in [4.69, 9.17) is 4.84 Å². The second-order valence-corrected chi connectivity index (χ2v) is 13.8. The van der Waals surface area contributed by atoms with E-state index in [9.17, 15) is 24.9 Å². The van der Waals surface area contributed by atoms with Crippen LogP contribution in [0.25, 0.3) is 10.9 Å². The zero-order chi connectivity index (χ0) is 29.9. The Morgan fingerprint density at radius 2 is 1.95 bits per heavy atom. The maximum Gasteiger partial charge on any atom is 0.326 e. The number of allylic oxidation sites excluding steroid dienone is 2. The van der Waals surface area contributed by atoms with Crippen LogP contribution in [-0.4, -0.2) is 62.2 Å². The van der Waals surface area contributed by atoms with Crippen molar-refractivity contribution in [2.45, 2.75) is 89.9 Å². The molecule has 9 nitrogen and oxygen atoms in total. The molecule has 5 N–H and O–H groups in total. The molecule has 42 heavy (non-hydrogen) atoms. The van der Waals surface area contributed by atoms with Crippen molar-refractivity contribution in [1.29, 1.82) is 0 Å². The van der Waals surface area contributed by atoms with Crippen LogP contribution in [-0.2, 0) is 20.8 Å². The van der Waals surface area contributed by atoms with Crippen LogP contribution in [0.15, 0.2) is 47.3 Å². The van der Waals surface area contributed by atoms with Gasteiger partial charge < -0.3 is 30.5 Å². The highest BCUT2D eigenvalue weighted by Crippen LogP contribution is 2.67. The Bertz CT molecular complexity index is 1440. The third-order valence-electron chi connectivity index (χ3n) is 11.6. The molecule has 3 fully saturated rings. The first-order valence-corrected chi connectivity index (χ1v) is 15.3. The van der Waals surface area contributed by atoms with E-state index < -0.39 is 29.6 Å². The predicted molar refractivity (Wildman–Crippen MR) is 159 cm³/mol. The number of hydrogen-bond acceptors (Lipinski definition) is 6. The molecule has 0 saturated heterocycles. The van der Waals surface area contributed by atoms with Crippen molar-refractivity contribution in [2.24, 2.45) is 33.7 Å². The van der Waals surface area contributed by atoms with E-state index in [2.05, 4.69) is 35.4 Å². The second-order valence-electron chi connectivity index (χ2n) is 13.8. The molecule has 2 aromatic rings. The van der Waals surface area contributed by atoms with Gasteiger partial charge in [-0.15, -0.1) is 0 Å². The Morgan fingerprint density at radius 3 is 2.74 bits per heavy atom. The number of nitrogens with zero attached hydrogens (tertiary/aromatic N) is 1. The van der Waals surface area contributed by atoms with Crippen LogP contribution in [0, 0.1) is 28.6 Å². The zero-order valence-electron chi connectivity index (χ0n) is 24.7. The molecular formula is C33H43N3O6. The van der Waals surface area contributed by atoms with E-state index >= 15 is 0 Å². The van der Waals surface area contributed by atoms with E-state index in [1.165, 1.54) is 5.57 Å². The van der Waals surface area contributed by atoms with Gasteiger partial charge in [0.15, 0.2) is 6.61 Å². The fourth-order valence-electron chi connectivity index (χ4n) is 9.12. The molecular weight excluding hydrogens is 534 g/mol. The van der Waals surface area contributed by atoms with Gasteiger partial charge in [-0.25, -0.2) is 4.79 Å². The van der Waals surface area contributed by atoms with E-state index in [-0.39, 0.29) is 29.8 Å². The van der Waals surface area contributed by atoms with E-state index in [0.29, 0.717) is 24.7 Å². The molecule has 226 valence electrons. The maximum absolute atomic E-state index is 12.6. The van der Waals surface area contributed by atoms with E-state index in [1.807, 2.05) is 31.2 Å². The van der Waals surface area contributed by atoms with Gasteiger partial charge in [0.25, 0.3) is 5.91 Å². The summed E-state index contributed by atoms with van der Waals surface area (Å²) in [6.07, 6.45) is 9.42. The standard InChI is InChI=1S/C33H43N3O6/c1-31-12-10-21(15-20(31)8-9-23-24-11-13-33(3,41)32(24,2)16-27(37)29(23)31)36-42-18-28(38)35-26(30(39)40)14-19-17-34-25-7-5-4-6-22(19)25/h4-7,15,17,23-24,26-27,29,34,37,41H,8-14,16,18H2,1-3H3,(H,35,38)(H,39,40)/b36-21-/t23-,24+,26+,27-,29+,31-,32-,33-/m0/s1. The van der Waals surface area contributed by atoms with Gasteiger partial charge in [-0.3, -0.25) is 4.79 Å². The summed E-state index contributed by atoms with van der Waals surface area (Å²) in [6.45, 7) is 6.04. The smallest absolute Gasteiger partial charge is 0.326 e. The number of carboxylic acids is 1. The van der Waals surface area contributed by atoms with Crippen LogP contribution >= 0.6 is 0 Å². The third kappa shape index (κ3) is 4.74. The average molecular weight is 578 g/mol. The van der Waals surface area contributed by atoms with Gasteiger partial charge in [-0.2, -0.15) is 0 Å². The lowest BCUT2D eigenvalue weighted by molar-refractivity contribution is -0.164. The third-order valence-corrected chi connectivity index (χ3v) is 11.6. The molecule has 3 saturated carbocycles. The largest absolute Gasteiger partial charge is 0.480 e. The minimum Gasteiger partial charge on any atom is -0.480 e. The monoisotopic (exact) mass is 577 g/mol. The van der Waals surface area contributed by atoms with Gasteiger partial charge in [0.2, 0.25) is 0 Å². The number of para-hydroxylation sites is 1. The number of benzene rings is 1. The van der Waals surface area contributed by atoms with Crippen LogP contribution in [0.2, 0.25) is 0 Å². The molecule has 1 aromatic carbocycles. The highest BCUT2D eigenvalue weighted by Gasteiger charge is 2.64. The molecule has 0 unspecified atom stereocenters. The summed E-state index contributed by atoms with van der Waals surface area (Å²) in [4.78, 5) is 33.0. The summed E-state index contributed by atoms with van der Waals surface area (Å²) in [5, 5.41) is 40.1. The van der Waals surface area contributed by atoms with Crippen LogP contribution < -0.4 is 5.32 Å². The fraction of sp³-hybridized carbons (Fsp3) is 0.606. The summed E-state index contributed by atoms with van der Waals surface area (Å²) < 4.78 is 0. The number of aromatic amines is 1. The molecule has 1 aromatic heterocycles. The Hall–Kier alpha value is -3.17. The molecule has 0 spiro atoms. The van der Waals surface area contributed by atoms with Crippen molar-refractivity contribution in [3.63, 3.8) is 0 Å². The first-order chi connectivity index (χ1) is 19.9. The van der Waals surface area contributed by atoms with Crippen molar-refractivity contribution in [1.82, 2.24) is 10.3 Å². The second kappa shape index (κ2) is 10.5. The zero-order valence-corrected chi connectivity index (χ0v) is 24.7. The molecule has 9 heteroatoms. The topological polar surface area (TPSA) is 144 Å². The van der Waals surface area contributed by atoms with Gasteiger partial charge >= 0.3 is 5.97 Å². The number of aliphatic hydroxyl groups excluding tert-OH is 1. The predicted octanol–water partition coefficient (Wildman–Crippen LogP) is 4.34. The lowest BCUT2D eigenvalue weighted by Crippen LogP contribution is -2.59. The maximum atomic E-state index is 12.6. The number of aliphatic hydroxyl groups is 2. The number of rotatable bonds is 7. The van der Waals surface area contributed by atoms with Crippen LogP contribution in [0.1, 0.15) is 71.3 Å². The fourth-order valence-corrected chi connectivity index (χ4v) is 9.12. The molecule has 1 heterocycles. The number of carbonyl (C=O) groups excluding carboxylic acids is 1. The molecule has 4 aliphatic carbocycles. The number of aromatic nitrogens is 1. The molecule has 0 radical (unpaired) electrons. The van der Waals surface area contributed by atoms with Gasteiger partial charge in [-0.05, 0) is 92.7 Å². The van der Waals surface area contributed by atoms with E-state index in [1.54, 1.807) is 6.20 Å². The van der Waals surface area contributed by atoms with E-state index in [0.717, 1.165) is 54.3 Å². The van der Waals surface area contributed by atoms with Crippen molar-refractivity contribution in [3.05, 3.63) is 47.7 Å². The summed E-state index contributed by atoms with van der Waals surface area (Å²) in [6, 6.07) is 6.55. The van der Waals surface area contributed by atoms with Gasteiger partial charge in [0.05, 0.1) is 17.4 Å². The Labute approximate surface area is 246 Å². The quantitative estimate of drug-likeness (QED) is 0.310. The summed E-state index contributed by atoms with van der Waals surface area (Å²) in [5.41, 5.74) is 2.65. The summed E-state index contributed by atoms with van der Waals surface area (Å²) in [5.74, 6) is -0.691. The normalized spacial score (nSPS) is 37.4. The van der Waals surface area contributed by atoms with Crippen molar-refractivity contribution in [2.75, 3.05) is 6.61 Å². The number of oxime groups is 1. The lowest BCUT2D eigenvalue weighted by Gasteiger charge is -2.60. The minimum atomic E-state index is -1.11. The van der Waals surface area contributed by atoms with Crippen molar-refractivity contribution >= 4 is 28.5 Å². The first kappa shape index (κ1) is 28.9. The highest BCUT2D eigenvalue weighted by atomic mass is 16.6. The molecule has 8 atom stereocenters. The molecule has 0 aliphatic heterocycles. The van der Waals surface area contributed by atoms with Crippen LogP contribution in [0.5, 0.6) is 0 Å². The number of aliphatic carboxylic acids is 1. The number of H-pyrrole nitrogens is 1. The molecule has 6 rings (SSSR count). The molecule has 1 amide bonds. The van der Waals surface area contributed by atoms with Gasteiger partial charge in [0, 0.05) is 28.9 Å². The van der Waals surface area contributed by atoms with Crippen LogP contribution in [0.3, 0.4) is 0 Å². The number of amides is 1. The SMILES string of the molecule is C[C@]12CC/C(=N/OCC(=O)N[C@H](Cc3c[nH]c4ccccc34)C(=O)O)C=C1CC[C@@H]1[C@@H]2[C@@H](O)C[C@@]2(C)[C@@H]1CC[C@]2(C)O. The van der Waals surface area contributed by atoms with Gasteiger partial charge in [-0.1, -0.05) is 42.8 Å². The van der Waals surface area contributed by atoms with Crippen molar-refractivity contribution < 1.29 is 29.7 Å². The number of carbonyl (C=O) groups is 2. The first-order valence-electron chi connectivity index (χ1n) is 15.3. The number of hydrogen-bond donors (Lipinski definition) is 5. The lowest BCUT2D eigenvalue weighted by atomic mass is 9.45. The Balaban J connectivity index is 1.09. The summed E-state index contributed by atoms with van der Waals surface area (Å²) in [7, 11) is 0. The minimum absolute atomic E-state index is 0.133. The Kier molecular flexibility index (Phi) is 7.25. The number of carboxylic acid groups (broad SMARTS) is 1. The number of fused-ring (bicyclic) bond motifs is 6.